The third kappa shape index (κ3) is 6.01. The van der Waals surface area contributed by atoms with Crippen molar-refractivity contribution in [2.24, 2.45) is 5.73 Å². The van der Waals surface area contributed by atoms with Crippen LogP contribution < -0.4 is 5.73 Å². The lowest BCUT2D eigenvalue weighted by Gasteiger charge is -2.08. The predicted octanol–water partition coefficient (Wildman–Crippen LogP) is 2.68. The third-order valence-electron chi connectivity index (χ3n) is 3.61. The lowest BCUT2D eigenvalue weighted by Crippen LogP contribution is -2.14. The first kappa shape index (κ1) is 17.1. The molecule has 0 amide bonds. The number of hydrogen-bond donors (Lipinski definition) is 1. The van der Waals surface area contributed by atoms with Crippen LogP contribution in [0.25, 0.3) is 0 Å². The molecule has 116 valence electrons. The molecule has 5 heteroatoms. The predicted molar refractivity (Wildman–Crippen MR) is 81.5 cm³/mol. The van der Waals surface area contributed by atoms with E-state index in [1.54, 1.807) is 7.11 Å². The van der Waals surface area contributed by atoms with Gasteiger partial charge in [0, 0.05) is 20.1 Å². The van der Waals surface area contributed by atoms with E-state index in [0.29, 0.717) is 13.2 Å². The minimum atomic E-state index is 0.438. The van der Waals surface area contributed by atoms with E-state index in [2.05, 4.69) is 21.7 Å². The molecule has 0 aliphatic heterocycles. The minimum absolute atomic E-state index is 0.438. The SMILES string of the molecule is CCCCCCCCCc1nnc(CN)n1CCOC. The van der Waals surface area contributed by atoms with E-state index >= 15 is 0 Å². The normalized spacial score (nSPS) is 11.2. The molecule has 20 heavy (non-hydrogen) atoms. The largest absolute Gasteiger partial charge is 0.383 e. The summed E-state index contributed by atoms with van der Waals surface area (Å²) >= 11 is 0. The Balaban J connectivity index is 2.30. The zero-order valence-corrected chi connectivity index (χ0v) is 13.1. The topological polar surface area (TPSA) is 66.0 Å². The Bertz CT molecular complexity index is 352. The molecule has 0 aromatic carbocycles. The van der Waals surface area contributed by atoms with Crippen LogP contribution in [0.3, 0.4) is 0 Å². The average Bonchev–Trinajstić information content (AvgIpc) is 2.86. The summed E-state index contributed by atoms with van der Waals surface area (Å²) < 4.78 is 7.24. The number of aromatic nitrogens is 3. The molecule has 5 nitrogen and oxygen atoms in total. The van der Waals surface area contributed by atoms with Crippen LogP contribution in [0.5, 0.6) is 0 Å². The van der Waals surface area contributed by atoms with Crippen LogP contribution in [-0.2, 0) is 24.2 Å². The number of aryl methyl sites for hydroxylation is 1. The Kier molecular flexibility index (Phi) is 9.24. The molecule has 1 aromatic rings. The summed E-state index contributed by atoms with van der Waals surface area (Å²) in [6.45, 7) is 4.16. The highest BCUT2D eigenvalue weighted by Crippen LogP contribution is 2.10. The monoisotopic (exact) mass is 282 g/mol. The average molecular weight is 282 g/mol. The first-order valence-corrected chi connectivity index (χ1v) is 7.93. The molecular weight excluding hydrogens is 252 g/mol. The zero-order valence-electron chi connectivity index (χ0n) is 13.1. The molecule has 0 atom stereocenters. The standard InChI is InChI=1S/C15H30N4O/c1-3-4-5-6-7-8-9-10-14-17-18-15(13-16)19(14)11-12-20-2/h3-13,16H2,1-2H3. The number of nitrogens with two attached hydrogens (primary N) is 1. The molecule has 0 spiro atoms. The van der Waals surface area contributed by atoms with E-state index in [-0.39, 0.29) is 0 Å². The summed E-state index contributed by atoms with van der Waals surface area (Å²) in [5, 5.41) is 8.42. The van der Waals surface area contributed by atoms with Crippen molar-refractivity contribution in [2.75, 3.05) is 13.7 Å². The van der Waals surface area contributed by atoms with Gasteiger partial charge >= 0.3 is 0 Å². The maximum Gasteiger partial charge on any atom is 0.146 e. The van der Waals surface area contributed by atoms with E-state index in [0.717, 1.165) is 24.6 Å². The van der Waals surface area contributed by atoms with Gasteiger partial charge in [0.2, 0.25) is 0 Å². The second-order valence-corrected chi connectivity index (χ2v) is 5.25. The maximum absolute atomic E-state index is 5.69. The second-order valence-electron chi connectivity index (χ2n) is 5.25. The van der Waals surface area contributed by atoms with Gasteiger partial charge in [0.05, 0.1) is 13.2 Å². The highest BCUT2D eigenvalue weighted by atomic mass is 16.5. The highest BCUT2D eigenvalue weighted by Gasteiger charge is 2.10. The molecule has 1 aromatic heterocycles. The van der Waals surface area contributed by atoms with E-state index < -0.39 is 0 Å². The van der Waals surface area contributed by atoms with Crippen molar-refractivity contribution in [3.05, 3.63) is 11.6 Å². The molecule has 0 unspecified atom stereocenters. The van der Waals surface area contributed by atoms with Crippen LogP contribution in [0, 0.1) is 0 Å². The number of unbranched alkanes of at least 4 members (excludes halogenated alkanes) is 6. The van der Waals surface area contributed by atoms with Gasteiger partial charge in [-0.05, 0) is 6.42 Å². The first-order chi connectivity index (χ1) is 9.83. The Morgan fingerprint density at radius 1 is 1.00 bits per heavy atom. The van der Waals surface area contributed by atoms with Gasteiger partial charge < -0.3 is 15.0 Å². The number of rotatable bonds is 12. The van der Waals surface area contributed by atoms with Gasteiger partial charge in [-0.25, -0.2) is 0 Å². The Morgan fingerprint density at radius 3 is 2.30 bits per heavy atom. The summed E-state index contributed by atoms with van der Waals surface area (Å²) in [5.74, 6) is 1.91. The molecule has 0 saturated heterocycles. The summed E-state index contributed by atoms with van der Waals surface area (Å²) in [7, 11) is 1.71. The number of ether oxygens (including phenoxy) is 1. The smallest absolute Gasteiger partial charge is 0.146 e. The van der Waals surface area contributed by atoms with Crippen molar-refractivity contribution in [3.63, 3.8) is 0 Å². The van der Waals surface area contributed by atoms with Gasteiger partial charge in [0.1, 0.15) is 11.6 Å². The molecule has 0 radical (unpaired) electrons. The van der Waals surface area contributed by atoms with Gasteiger partial charge in [0.25, 0.3) is 0 Å². The van der Waals surface area contributed by atoms with Crippen LogP contribution in [-0.4, -0.2) is 28.5 Å². The fraction of sp³-hybridized carbons (Fsp3) is 0.867. The molecule has 0 aliphatic carbocycles. The summed E-state index contributed by atoms with van der Waals surface area (Å²) in [6.07, 6.45) is 10.2. The quantitative estimate of drug-likeness (QED) is 0.599. The third-order valence-corrected chi connectivity index (χ3v) is 3.61. The van der Waals surface area contributed by atoms with E-state index in [4.69, 9.17) is 10.5 Å². The van der Waals surface area contributed by atoms with Crippen LogP contribution in [0.4, 0.5) is 0 Å². The van der Waals surface area contributed by atoms with Crippen molar-refractivity contribution in [3.8, 4) is 0 Å². The van der Waals surface area contributed by atoms with Gasteiger partial charge in [-0.15, -0.1) is 10.2 Å². The Hall–Kier alpha value is -0.940. The van der Waals surface area contributed by atoms with Crippen LogP contribution >= 0.6 is 0 Å². The van der Waals surface area contributed by atoms with Crippen LogP contribution in [0.2, 0.25) is 0 Å². The number of hydrogen-bond acceptors (Lipinski definition) is 4. The second kappa shape index (κ2) is 10.8. The van der Waals surface area contributed by atoms with E-state index in [9.17, 15) is 0 Å². The Labute approximate surface area is 122 Å². The minimum Gasteiger partial charge on any atom is -0.383 e. The van der Waals surface area contributed by atoms with Crippen molar-refractivity contribution in [1.29, 1.82) is 0 Å². The van der Waals surface area contributed by atoms with Gasteiger partial charge in [0.15, 0.2) is 0 Å². The molecule has 0 aliphatic rings. The number of methoxy groups -OCH3 is 1. The lowest BCUT2D eigenvalue weighted by atomic mass is 10.1. The fourth-order valence-corrected chi connectivity index (χ4v) is 2.39. The summed E-state index contributed by atoms with van der Waals surface area (Å²) in [5.41, 5.74) is 5.69. The molecule has 1 rings (SSSR count). The van der Waals surface area contributed by atoms with Crippen LogP contribution in [0.15, 0.2) is 0 Å². The maximum atomic E-state index is 5.69. The summed E-state index contributed by atoms with van der Waals surface area (Å²) in [6, 6.07) is 0. The fourth-order valence-electron chi connectivity index (χ4n) is 2.39. The van der Waals surface area contributed by atoms with Crippen LogP contribution in [0.1, 0.15) is 63.5 Å². The Morgan fingerprint density at radius 2 is 1.65 bits per heavy atom. The number of nitrogens with zero attached hydrogens (tertiary/aromatic N) is 3. The van der Waals surface area contributed by atoms with Gasteiger partial charge in [-0.2, -0.15) is 0 Å². The van der Waals surface area contributed by atoms with Crippen molar-refractivity contribution < 1.29 is 4.74 Å². The summed E-state index contributed by atoms with van der Waals surface area (Å²) in [4.78, 5) is 0. The van der Waals surface area contributed by atoms with Crippen molar-refractivity contribution in [2.45, 2.75) is 71.4 Å². The molecular formula is C15H30N4O. The van der Waals surface area contributed by atoms with E-state index in [1.165, 1.54) is 44.9 Å². The molecule has 2 N–H and O–H groups in total. The van der Waals surface area contributed by atoms with Crippen molar-refractivity contribution >= 4 is 0 Å². The van der Waals surface area contributed by atoms with E-state index in [1.807, 2.05) is 0 Å². The first-order valence-electron chi connectivity index (χ1n) is 7.93. The molecule has 1 heterocycles. The lowest BCUT2D eigenvalue weighted by molar-refractivity contribution is 0.185. The molecule has 0 bridgehead atoms. The van der Waals surface area contributed by atoms with Gasteiger partial charge in [-0.1, -0.05) is 45.4 Å². The molecule has 0 fully saturated rings. The van der Waals surface area contributed by atoms with Gasteiger partial charge in [-0.3, -0.25) is 0 Å². The molecule has 0 saturated carbocycles. The van der Waals surface area contributed by atoms with Crippen molar-refractivity contribution in [1.82, 2.24) is 14.8 Å². The zero-order chi connectivity index (χ0) is 14.6. The highest BCUT2D eigenvalue weighted by molar-refractivity contribution is 4.96.